The summed E-state index contributed by atoms with van der Waals surface area (Å²) in [5, 5.41) is 11.8. The third-order valence-corrected chi connectivity index (χ3v) is 1.80. The first-order valence-electron chi connectivity index (χ1n) is 4.32. The second-order valence-electron chi connectivity index (χ2n) is 2.78. The zero-order chi connectivity index (χ0) is 10.5. The number of nitriles is 1. The topological polar surface area (TPSA) is 63.8 Å². The molecule has 1 aliphatic heterocycles. The van der Waals surface area contributed by atoms with E-state index >= 15 is 0 Å². The van der Waals surface area contributed by atoms with Crippen molar-refractivity contribution >= 4 is 6.21 Å². The Labute approximate surface area is 86.5 Å². The number of nitrogens with zero attached hydrogens (tertiary/aromatic N) is 2. The first-order valence-corrected chi connectivity index (χ1v) is 4.32. The van der Waals surface area contributed by atoms with Crippen LogP contribution in [0.1, 0.15) is 5.56 Å². The molecule has 1 aromatic rings. The van der Waals surface area contributed by atoms with Crippen molar-refractivity contribution < 1.29 is 14.3 Å². The number of benzene rings is 1. The van der Waals surface area contributed by atoms with Crippen LogP contribution in [0, 0.1) is 11.3 Å². The summed E-state index contributed by atoms with van der Waals surface area (Å²) in [4.78, 5) is 4.64. The molecule has 0 amide bonds. The lowest BCUT2D eigenvalue weighted by Gasteiger charge is -1.96. The fraction of sp³-hybridized carbons (Fsp3) is 0.200. The van der Waals surface area contributed by atoms with E-state index in [4.69, 9.17) is 14.7 Å². The zero-order valence-corrected chi connectivity index (χ0v) is 7.84. The summed E-state index contributed by atoms with van der Waals surface area (Å²) in [5.41, 5.74) is 0.831. The number of oxime groups is 1. The first-order chi connectivity index (χ1) is 7.40. The molecular weight excluding hydrogens is 196 g/mol. The molecule has 1 aliphatic rings. The minimum Gasteiger partial charge on any atom is -0.454 e. The van der Waals surface area contributed by atoms with Gasteiger partial charge in [0, 0.05) is 5.56 Å². The molecule has 0 unspecified atom stereocenters. The van der Waals surface area contributed by atoms with Gasteiger partial charge in [-0.25, -0.2) is 0 Å². The number of hydrogen-bond acceptors (Lipinski definition) is 5. The van der Waals surface area contributed by atoms with Crippen LogP contribution in [0.25, 0.3) is 0 Å². The molecule has 0 aliphatic carbocycles. The third-order valence-electron chi connectivity index (χ3n) is 1.80. The Bertz CT molecular complexity index is 423. The number of fused-ring (bicyclic) bond motifs is 1. The minimum atomic E-state index is -0.0545. The maximum Gasteiger partial charge on any atom is 0.231 e. The van der Waals surface area contributed by atoms with Crippen LogP contribution in [0.5, 0.6) is 11.5 Å². The van der Waals surface area contributed by atoms with Gasteiger partial charge in [-0.2, -0.15) is 5.26 Å². The van der Waals surface area contributed by atoms with Gasteiger partial charge < -0.3 is 14.3 Å². The highest BCUT2D eigenvalue weighted by Crippen LogP contribution is 2.31. The monoisotopic (exact) mass is 204 g/mol. The van der Waals surface area contributed by atoms with Crippen molar-refractivity contribution in [2.75, 3.05) is 13.4 Å². The Hall–Kier alpha value is -2.22. The smallest absolute Gasteiger partial charge is 0.231 e. The average molecular weight is 204 g/mol. The summed E-state index contributed by atoms with van der Waals surface area (Å²) in [7, 11) is 0. The maximum absolute atomic E-state index is 8.20. The Morgan fingerprint density at radius 2 is 2.33 bits per heavy atom. The average Bonchev–Trinajstić information content (AvgIpc) is 2.71. The van der Waals surface area contributed by atoms with Gasteiger partial charge in [0.1, 0.15) is 6.07 Å². The molecule has 0 bridgehead atoms. The molecule has 0 spiro atoms. The van der Waals surface area contributed by atoms with Crippen LogP contribution >= 0.6 is 0 Å². The number of ether oxygens (including phenoxy) is 2. The molecule has 0 N–H and O–H groups in total. The fourth-order valence-corrected chi connectivity index (χ4v) is 1.16. The first kappa shape index (κ1) is 9.34. The van der Waals surface area contributed by atoms with E-state index in [2.05, 4.69) is 9.99 Å². The van der Waals surface area contributed by atoms with Gasteiger partial charge in [0.05, 0.1) is 6.21 Å². The number of rotatable bonds is 3. The Morgan fingerprint density at radius 1 is 1.47 bits per heavy atom. The van der Waals surface area contributed by atoms with Gasteiger partial charge in [-0.15, -0.1) is 0 Å². The molecule has 5 heteroatoms. The van der Waals surface area contributed by atoms with Crippen molar-refractivity contribution in [3.63, 3.8) is 0 Å². The van der Waals surface area contributed by atoms with Crippen molar-refractivity contribution in [1.29, 1.82) is 5.26 Å². The molecule has 0 atom stereocenters. The quantitative estimate of drug-likeness (QED) is 0.422. The van der Waals surface area contributed by atoms with Gasteiger partial charge in [0.15, 0.2) is 11.5 Å². The van der Waals surface area contributed by atoms with Crippen LogP contribution in [0.4, 0.5) is 0 Å². The molecule has 0 aromatic heterocycles. The second-order valence-corrected chi connectivity index (χ2v) is 2.78. The normalized spacial score (nSPS) is 12.7. The van der Waals surface area contributed by atoms with Gasteiger partial charge in [0.2, 0.25) is 13.4 Å². The van der Waals surface area contributed by atoms with Crippen molar-refractivity contribution in [3.8, 4) is 17.6 Å². The Kier molecular flexibility index (Phi) is 2.70. The molecule has 5 nitrogen and oxygen atoms in total. The molecule has 76 valence electrons. The van der Waals surface area contributed by atoms with E-state index in [9.17, 15) is 0 Å². The minimum absolute atomic E-state index is 0.0545. The summed E-state index contributed by atoms with van der Waals surface area (Å²) < 4.78 is 10.3. The molecule has 1 heterocycles. The predicted molar refractivity (Wildman–Crippen MR) is 51.7 cm³/mol. The van der Waals surface area contributed by atoms with Crippen LogP contribution in [-0.2, 0) is 4.84 Å². The predicted octanol–water partition coefficient (Wildman–Crippen LogP) is 1.29. The van der Waals surface area contributed by atoms with Crippen molar-refractivity contribution in [2.24, 2.45) is 5.16 Å². The van der Waals surface area contributed by atoms with E-state index < -0.39 is 0 Å². The van der Waals surface area contributed by atoms with E-state index in [1.54, 1.807) is 12.1 Å². The van der Waals surface area contributed by atoms with Crippen LogP contribution in [0.15, 0.2) is 23.4 Å². The van der Waals surface area contributed by atoms with Gasteiger partial charge in [-0.05, 0) is 18.2 Å². The summed E-state index contributed by atoms with van der Waals surface area (Å²) >= 11 is 0. The standard InChI is InChI=1S/C10H8N2O3/c11-3-4-15-12-6-8-1-2-9-10(5-8)14-7-13-9/h1-2,5-6H,4,7H2. The molecule has 0 saturated heterocycles. The lowest BCUT2D eigenvalue weighted by molar-refractivity contribution is 0.174. The SMILES string of the molecule is N#CCON=Cc1ccc2c(c1)OCO2. The molecule has 15 heavy (non-hydrogen) atoms. The van der Waals surface area contributed by atoms with E-state index in [1.807, 2.05) is 12.1 Å². The lowest BCUT2D eigenvalue weighted by atomic mass is 10.2. The summed E-state index contributed by atoms with van der Waals surface area (Å²) in [6, 6.07) is 7.23. The fourth-order valence-electron chi connectivity index (χ4n) is 1.16. The summed E-state index contributed by atoms with van der Waals surface area (Å²) in [6.07, 6.45) is 1.51. The van der Waals surface area contributed by atoms with Crippen molar-refractivity contribution in [2.45, 2.75) is 0 Å². The van der Waals surface area contributed by atoms with Gasteiger partial charge in [-0.1, -0.05) is 5.16 Å². The Balaban J connectivity index is 2.04. The van der Waals surface area contributed by atoms with E-state index in [1.165, 1.54) is 6.21 Å². The molecule has 0 fully saturated rings. The van der Waals surface area contributed by atoms with E-state index in [0.29, 0.717) is 5.75 Å². The summed E-state index contributed by atoms with van der Waals surface area (Å²) in [6.45, 7) is 0.196. The molecule has 2 rings (SSSR count). The zero-order valence-electron chi connectivity index (χ0n) is 7.84. The highest BCUT2D eigenvalue weighted by molar-refractivity contribution is 5.80. The highest BCUT2D eigenvalue weighted by atomic mass is 16.7. The van der Waals surface area contributed by atoms with E-state index in [0.717, 1.165) is 11.3 Å². The van der Waals surface area contributed by atoms with Crippen molar-refractivity contribution in [3.05, 3.63) is 23.8 Å². The van der Waals surface area contributed by atoms with Crippen LogP contribution in [-0.4, -0.2) is 19.6 Å². The van der Waals surface area contributed by atoms with Gasteiger partial charge in [0.25, 0.3) is 0 Å². The number of hydrogen-bond donors (Lipinski definition) is 0. The molecule has 1 aromatic carbocycles. The maximum atomic E-state index is 8.20. The van der Waals surface area contributed by atoms with Crippen LogP contribution in [0.3, 0.4) is 0 Å². The second kappa shape index (κ2) is 4.33. The largest absolute Gasteiger partial charge is 0.454 e. The van der Waals surface area contributed by atoms with Gasteiger partial charge in [-0.3, -0.25) is 0 Å². The van der Waals surface area contributed by atoms with Crippen molar-refractivity contribution in [1.82, 2.24) is 0 Å². The lowest BCUT2D eigenvalue weighted by Crippen LogP contribution is -1.92. The van der Waals surface area contributed by atoms with Crippen LogP contribution < -0.4 is 9.47 Å². The summed E-state index contributed by atoms with van der Waals surface area (Å²) in [5.74, 6) is 1.42. The van der Waals surface area contributed by atoms with Gasteiger partial charge >= 0.3 is 0 Å². The van der Waals surface area contributed by atoms with E-state index in [-0.39, 0.29) is 13.4 Å². The molecule has 0 saturated carbocycles. The molecule has 0 radical (unpaired) electrons. The molecular formula is C10H8N2O3. The Morgan fingerprint density at radius 3 is 3.20 bits per heavy atom. The van der Waals surface area contributed by atoms with Crippen LogP contribution in [0.2, 0.25) is 0 Å². The third kappa shape index (κ3) is 2.17. The highest BCUT2D eigenvalue weighted by Gasteiger charge is 2.12.